The largest absolute Gasteiger partial charge is 0.493 e. The van der Waals surface area contributed by atoms with Crippen molar-refractivity contribution >= 4 is 5.97 Å². The Kier molecular flexibility index (Phi) is 5.76. The number of esters is 1. The number of carbonyl (C=O) groups is 1. The lowest BCUT2D eigenvalue weighted by Gasteiger charge is -2.51. The number of carbonyl (C=O) groups excluding carboxylic acids is 1. The number of fused-ring (bicyclic) bond motifs is 2. The van der Waals surface area contributed by atoms with E-state index in [4.69, 9.17) is 14.2 Å². The van der Waals surface area contributed by atoms with Crippen molar-refractivity contribution in [3.8, 4) is 11.5 Å². The molecular weight excluding hydrogens is 330 g/mol. The Hall–Kier alpha value is -1.75. The van der Waals surface area contributed by atoms with Crippen LogP contribution in [0.15, 0.2) is 12.1 Å². The summed E-state index contributed by atoms with van der Waals surface area (Å²) < 4.78 is 16.3. The van der Waals surface area contributed by atoms with E-state index in [0.717, 1.165) is 56.7 Å². The molecule has 0 aromatic heterocycles. The minimum atomic E-state index is -0.0336. The van der Waals surface area contributed by atoms with Gasteiger partial charge >= 0.3 is 5.97 Å². The molecule has 0 atom stereocenters. The maximum atomic E-state index is 12.2. The van der Waals surface area contributed by atoms with Crippen LogP contribution in [-0.4, -0.2) is 44.8 Å². The average molecular weight is 361 g/mol. The third-order valence-electron chi connectivity index (χ3n) is 6.18. The first-order valence-electron chi connectivity index (χ1n) is 9.76. The van der Waals surface area contributed by atoms with Gasteiger partial charge in [-0.05, 0) is 68.8 Å². The third kappa shape index (κ3) is 3.18. The number of hydrogen-bond donors (Lipinski definition) is 0. The zero-order chi connectivity index (χ0) is 18.7. The SMILES string of the molecule is CCOC(=O)[C@H]1CC[C@@]2(CC1)c1cc(OC)c(OC)cc1CCN2CC. The fourth-order valence-corrected chi connectivity index (χ4v) is 4.84. The second-order valence-electron chi connectivity index (χ2n) is 7.25. The van der Waals surface area contributed by atoms with Gasteiger partial charge in [0, 0.05) is 12.1 Å². The highest BCUT2D eigenvalue weighted by Gasteiger charge is 2.46. The number of likely N-dealkylation sites (N-methyl/N-ethyl adjacent to an activating group) is 1. The number of nitrogens with zero attached hydrogens (tertiary/aromatic N) is 1. The Labute approximate surface area is 156 Å². The lowest BCUT2D eigenvalue weighted by atomic mass is 9.68. The highest BCUT2D eigenvalue weighted by Crippen LogP contribution is 2.49. The first kappa shape index (κ1) is 19.0. The molecule has 5 nitrogen and oxygen atoms in total. The zero-order valence-electron chi connectivity index (χ0n) is 16.5. The number of methoxy groups -OCH3 is 2. The number of benzene rings is 1. The highest BCUT2D eigenvalue weighted by atomic mass is 16.5. The van der Waals surface area contributed by atoms with Gasteiger partial charge in [0.2, 0.25) is 0 Å². The molecular formula is C21H31NO4. The maximum Gasteiger partial charge on any atom is 0.308 e. The molecule has 1 aliphatic heterocycles. The number of rotatable bonds is 5. The van der Waals surface area contributed by atoms with E-state index >= 15 is 0 Å². The number of ether oxygens (including phenoxy) is 3. The molecule has 1 spiro atoms. The van der Waals surface area contributed by atoms with Crippen molar-refractivity contribution < 1.29 is 19.0 Å². The topological polar surface area (TPSA) is 48.0 Å². The molecule has 1 heterocycles. The van der Waals surface area contributed by atoms with Crippen molar-refractivity contribution in [2.45, 2.75) is 51.5 Å². The molecule has 0 N–H and O–H groups in total. The van der Waals surface area contributed by atoms with Crippen LogP contribution in [-0.2, 0) is 21.5 Å². The summed E-state index contributed by atoms with van der Waals surface area (Å²) in [7, 11) is 3.38. The van der Waals surface area contributed by atoms with Crippen LogP contribution in [0.1, 0.15) is 50.7 Å². The molecule has 1 saturated carbocycles. The standard InChI is InChI=1S/C21H31NO4/c1-5-22-12-9-16-13-18(24-3)19(25-4)14-17(16)21(22)10-7-15(8-11-21)20(23)26-6-2/h13-15H,5-12H2,1-4H3/t15-,21+. The molecule has 2 aliphatic rings. The summed E-state index contributed by atoms with van der Waals surface area (Å²) >= 11 is 0. The summed E-state index contributed by atoms with van der Waals surface area (Å²) in [4.78, 5) is 14.8. The van der Waals surface area contributed by atoms with Crippen molar-refractivity contribution in [1.82, 2.24) is 4.90 Å². The molecule has 1 aromatic rings. The Balaban J connectivity index is 1.95. The van der Waals surface area contributed by atoms with E-state index in [1.807, 2.05) is 6.92 Å². The van der Waals surface area contributed by atoms with Crippen LogP contribution in [0.25, 0.3) is 0 Å². The quantitative estimate of drug-likeness (QED) is 0.751. The van der Waals surface area contributed by atoms with Gasteiger partial charge in [0.15, 0.2) is 11.5 Å². The minimum absolute atomic E-state index is 0.00905. The van der Waals surface area contributed by atoms with Gasteiger partial charge in [-0.15, -0.1) is 0 Å². The molecule has 5 heteroatoms. The minimum Gasteiger partial charge on any atom is -0.493 e. The Morgan fingerprint density at radius 2 is 1.81 bits per heavy atom. The van der Waals surface area contributed by atoms with Crippen LogP contribution in [0.3, 0.4) is 0 Å². The third-order valence-corrected chi connectivity index (χ3v) is 6.18. The average Bonchev–Trinajstić information content (AvgIpc) is 2.68. The van der Waals surface area contributed by atoms with Crippen molar-refractivity contribution in [2.24, 2.45) is 5.92 Å². The fourth-order valence-electron chi connectivity index (χ4n) is 4.84. The van der Waals surface area contributed by atoms with Gasteiger partial charge in [-0.2, -0.15) is 0 Å². The van der Waals surface area contributed by atoms with Gasteiger partial charge in [-0.1, -0.05) is 6.92 Å². The van der Waals surface area contributed by atoms with E-state index in [9.17, 15) is 4.79 Å². The molecule has 0 amide bonds. The van der Waals surface area contributed by atoms with E-state index < -0.39 is 0 Å². The Bertz CT molecular complexity index is 650. The predicted octanol–water partition coefficient (Wildman–Crippen LogP) is 3.53. The molecule has 0 saturated heterocycles. The second kappa shape index (κ2) is 7.87. The van der Waals surface area contributed by atoms with Crippen molar-refractivity contribution in [3.05, 3.63) is 23.3 Å². The smallest absolute Gasteiger partial charge is 0.308 e. The summed E-state index contributed by atoms with van der Waals surface area (Å²) in [5.74, 6) is 1.58. The van der Waals surface area contributed by atoms with Crippen LogP contribution in [0, 0.1) is 5.92 Å². The monoisotopic (exact) mass is 361 g/mol. The Morgan fingerprint density at radius 3 is 2.38 bits per heavy atom. The van der Waals surface area contributed by atoms with Gasteiger partial charge in [0.1, 0.15) is 0 Å². The van der Waals surface area contributed by atoms with E-state index in [0.29, 0.717) is 6.61 Å². The van der Waals surface area contributed by atoms with Gasteiger partial charge in [0.25, 0.3) is 0 Å². The lowest BCUT2D eigenvalue weighted by Crippen LogP contribution is -2.52. The summed E-state index contributed by atoms with van der Waals surface area (Å²) in [6.45, 7) is 6.62. The first-order valence-corrected chi connectivity index (χ1v) is 9.76. The van der Waals surface area contributed by atoms with E-state index in [1.165, 1.54) is 11.1 Å². The molecule has 26 heavy (non-hydrogen) atoms. The van der Waals surface area contributed by atoms with E-state index in [-0.39, 0.29) is 17.4 Å². The van der Waals surface area contributed by atoms with Crippen LogP contribution < -0.4 is 9.47 Å². The molecule has 1 aromatic carbocycles. The van der Waals surface area contributed by atoms with Crippen LogP contribution in [0.2, 0.25) is 0 Å². The van der Waals surface area contributed by atoms with E-state index in [1.54, 1.807) is 14.2 Å². The van der Waals surface area contributed by atoms with Crippen LogP contribution >= 0.6 is 0 Å². The first-order chi connectivity index (χ1) is 12.6. The summed E-state index contributed by atoms with van der Waals surface area (Å²) in [6, 6.07) is 4.31. The van der Waals surface area contributed by atoms with Crippen LogP contribution in [0.4, 0.5) is 0 Å². The molecule has 144 valence electrons. The van der Waals surface area contributed by atoms with Gasteiger partial charge in [-0.25, -0.2) is 0 Å². The van der Waals surface area contributed by atoms with E-state index in [2.05, 4.69) is 24.0 Å². The molecule has 0 unspecified atom stereocenters. The van der Waals surface area contributed by atoms with Crippen LogP contribution in [0.5, 0.6) is 11.5 Å². The molecule has 0 bridgehead atoms. The fraction of sp³-hybridized carbons (Fsp3) is 0.667. The molecule has 0 radical (unpaired) electrons. The van der Waals surface area contributed by atoms with Crippen molar-refractivity contribution in [2.75, 3.05) is 33.9 Å². The summed E-state index contributed by atoms with van der Waals surface area (Å²) in [5.41, 5.74) is 2.69. The molecule has 3 rings (SSSR count). The zero-order valence-corrected chi connectivity index (χ0v) is 16.5. The van der Waals surface area contributed by atoms with Gasteiger partial charge < -0.3 is 14.2 Å². The second-order valence-corrected chi connectivity index (χ2v) is 7.25. The van der Waals surface area contributed by atoms with Crippen molar-refractivity contribution in [1.29, 1.82) is 0 Å². The molecule has 1 aliphatic carbocycles. The maximum absolute atomic E-state index is 12.2. The summed E-state index contributed by atoms with van der Waals surface area (Å²) in [6.07, 6.45) is 4.73. The molecule has 1 fully saturated rings. The Morgan fingerprint density at radius 1 is 1.15 bits per heavy atom. The highest BCUT2D eigenvalue weighted by molar-refractivity contribution is 5.72. The summed E-state index contributed by atoms with van der Waals surface area (Å²) in [5, 5.41) is 0. The normalized spacial score (nSPS) is 25.6. The number of hydrogen-bond acceptors (Lipinski definition) is 5. The predicted molar refractivity (Wildman–Crippen MR) is 101 cm³/mol. The van der Waals surface area contributed by atoms with Gasteiger partial charge in [-0.3, -0.25) is 9.69 Å². The van der Waals surface area contributed by atoms with Gasteiger partial charge in [0.05, 0.1) is 26.7 Å². The van der Waals surface area contributed by atoms with Crippen molar-refractivity contribution in [3.63, 3.8) is 0 Å². The lowest BCUT2D eigenvalue weighted by molar-refractivity contribution is -0.150.